The van der Waals surface area contributed by atoms with E-state index in [-0.39, 0.29) is 17.6 Å². The lowest BCUT2D eigenvalue weighted by molar-refractivity contribution is -0.125. The molecule has 0 saturated carbocycles. The molecular weight excluding hydrogens is 248 g/mol. The molecule has 98 valence electrons. The van der Waals surface area contributed by atoms with Gasteiger partial charge in [0.25, 0.3) is 0 Å². The summed E-state index contributed by atoms with van der Waals surface area (Å²) in [5.41, 5.74) is 1.89. The molecule has 1 aromatic carbocycles. The first-order valence-corrected chi connectivity index (χ1v) is 6.79. The molecule has 0 aliphatic heterocycles. The topological polar surface area (TPSA) is 49.4 Å². The first-order valence-electron chi connectivity index (χ1n) is 5.63. The molecule has 1 aromatic rings. The first-order chi connectivity index (χ1) is 8.49. The third kappa shape index (κ3) is 5.23. The summed E-state index contributed by atoms with van der Waals surface area (Å²) in [6, 6.07) is 7.63. The van der Waals surface area contributed by atoms with Crippen molar-refractivity contribution < 1.29 is 9.59 Å². The summed E-state index contributed by atoms with van der Waals surface area (Å²) in [7, 11) is 3.41. The number of nitrogens with one attached hydrogen (secondary N) is 1. The molecule has 0 bridgehead atoms. The van der Waals surface area contributed by atoms with Crippen LogP contribution >= 0.6 is 11.8 Å². The van der Waals surface area contributed by atoms with E-state index in [0.717, 1.165) is 11.3 Å². The predicted molar refractivity (Wildman–Crippen MR) is 75.8 cm³/mol. The number of hydrogen-bond acceptors (Lipinski definition) is 3. The van der Waals surface area contributed by atoms with Gasteiger partial charge in [0.15, 0.2) is 0 Å². The SMILES string of the molecule is Cc1cccc(NC(=O)CSCC(=O)N(C)C)c1. The molecule has 0 aromatic heterocycles. The summed E-state index contributed by atoms with van der Waals surface area (Å²) in [6.45, 7) is 1.97. The van der Waals surface area contributed by atoms with Crippen LogP contribution in [-0.4, -0.2) is 42.3 Å². The van der Waals surface area contributed by atoms with Crippen molar-refractivity contribution in [1.82, 2.24) is 4.90 Å². The summed E-state index contributed by atoms with van der Waals surface area (Å²) >= 11 is 1.32. The lowest BCUT2D eigenvalue weighted by Crippen LogP contribution is -2.24. The average Bonchev–Trinajstić information content (AvgIpc) is 2.28. The molecule has 0 radical (unpaired) electrons. The summed E-state index contributed by atoms with van der Waals surface area (Å²) in [5.74, 6) is 0.544. The molecule has 1 N–H and O–H groups in total. The number of amides is 2. The standard InChI is InChI=1S/C13H18N2O2S/c1-10-5-4-6-11(7-10)14-12(16)8-18-9-13(17)15(2)3/h4-7H,8-9H2,1-3H3,(H,14,16). The van der Waals surface area contributed by atoms with E-state index in [9.17, 15) is 9.59 Å². The van der Waals surface area contributed by atoms with Crippen molar-refractivity contribution in [2.24, 2.45) is 0 Å². The molecule has 0 heterocycles. The minimum atomic E-state index is -0.0860. The monoisotopic (exact) mass is 266 g/mol. The van der Waals surface area contributed by atoms with Crippen LogP contribution in [-0.2, 0) is 9.59 Å². The van der Waals surface area contributed by atoms with E-state index in [2.05, 4.69) is 5.32 Å². The fourth-order valence-corrected chi connectivity index (χ4v) is 2.07. The largest absolute Gasteiger partial charge is 0.348 e. The van der Waals surface area contributed by atoms with Gasteiger partial charge in [-0.05, 0) is 24.6 Å². The van der Waals surface area contributed by atoms with Crippen LogP contribution in [0.4, 0.5) is 5.69 Å². The summed E-state index contributed by atoms with van der Waals surface area (Å²) in [6.07, 6.45) is 0. The average molecular weight is 266 g/mol. The number of aryl methyl sites for hydroxylation is 1. The fraction of sp³-hybridized carbons (Fsp3) is 0.385. The quantitative estimate of drug-likeness (QED) is 0.883. The Kier molecular flexibility index (Phi) is 5.71. The molecule has 4 nitrogen and oxygen atoms in total. The second-order valence-electron chi connectivity index (χ2n) is 4.20. The third-order valence-corrected chi connectivity index (χ3v) is 3.18. The maximum atomic E-state index is 11.6. The summed E-state index contributed by atoms with van der Waals surface area (Å²) in [4.78, 5) is 24.4. The van der Waals surface area contributed by atoms with Gasteiger partial charge in [0.05, 0.1) is 11.5 Å². The Morgan fingerprint density at radius 2 is 2.00 bits per heavy atom. The minimum Gasteiger partial charge on any atom is -0.348 e. The number of benzene rings is 1. The highest BCUT2D eigenvalue weighted by atomic mass is 32.2. The number of rotatable bonds is 5. The van der Waals surface area contributed by atoms with Crippen LogP contribution < -0.4 is 5.32 Å². The van der Waals surface area contributed by atoms with Crippen molar-refractivity contribution in [3.05, 3.63) is 29.8 Å². The first kappa shape index (κ1) is 14.6. The van der Waals surface area contributed by atoms with Gasteiger partial charge < -0.3 is 10.2 Å². The van der Waals surface area contributed by atoms with E-state index in [1.165, 1.54) is 16.7 Å². The van der Waals surface area contributed by atoms with Gasteiger partial charge in [0.1, 0.15) is 0 Å². The lowest BCUT2D eigenvalue weighted by atomic mass is 10.2. The molecule has 0 unspecified atom stereocenters. The van der Waals surface area contributed by atoms with Crippen molar-refractivity contribution in [1.29, 1.82) is 0 Å². The maximum Gasteiger partial charge on any atom is 0.234 e. The lowest BCUT2D eigenvalue weighted by Gasteiger charge is -2.09. The van der Waals surface area contributed by atoms with Crippen molar-refractivity contribution >= 4 is 29.3 Å². The normalized spacial score (nSPS) is 9.94. The Morgan fingerprint density at radius 3 is 2.61 bits per heavy atom. The Bertz CT molecular complexity index is 433. The molecule has 0 atom stereocenters. The number of thioether (sulfide) groups is 1. The van der Waals surface area contributed by atoms with Crippen LogP contribution in [0.3, 0.4) is 0 Å². The predicted octanol–water partition coefficient (Wildman–Crippen LogP) is 1.75. The fourth-order valence-electron chi connectivity index (χ4n) is 1.28. The van der Waals surface area contributed by atoms with Gasteiger partial charge in [0.2, 0.25) is 11.8 Å². The highest BCUT2D eigenvalue weighted by Gasteiger charge is 2.07. The minimum absolute atomic E-state index is 0.0170. The Morgan fingerprint density at radius 1 is 1.28 bits per heavy atom. The number of carbonyl (C=O) groups excluding carboxylic acids is 2. The number of hydrogen-bond donors (Lipinski definition) is 1. The molecule has 0 aliphatic rings. The van der Waals surface area contributed by atoms with Crippen LogP contribution in [0, 0.1) is 6.92 Å². The van der Waals surface area contributed by atoms with Crippen molar-refractivity contribution in [2.45, 2.75) is 6.92 Å². The Balaban J connectivity index is 2.32. The number of carbonyl (C=O) groups is 2. The maximum absolute atomic E-state index is 11.6. The van der Waals surface area contributed by atoms with Crippen LogP contribution in [0.1, 0.15) is 5.56 Å². The summed E-state index contributed by atoms with van der Waals surface area (Å²) in [5, 5.41) is 2.80. The van der Waals surface area contributed by atoms with E-state index in [1.807, 2.05) is 31.2 Å². The van der Waals surface area contributed by atoms with Crippen LogP contribution in [0.5, 0.6) is 0 Å². The Labute approximate surface area is 112 Å². The van der Waals surface area contributed by atoms with Gasteiger partial charge in [-0.2, -0.15) is 0 Å². The Hall–Kier alpha value is -1.49. The smallest absolute Gasteiger partial charge is 0.234 e. The van der Waals surface area contributed by atoms with Crippen LogP contribution in [0.15, 0.2) is 24.3 Å². The van der Waals surface area contributed by atoms with Gasteiger partial charge >= 0.3 is 0 Å². The molecular formula is C13H18N2O2S. The zero-order valence-electron chi connectivity index (χ0n) is 10.9. The van der Waals surface area contributed by atoms with Gasteiger partial charge in [0, 0.05) is 19.8 Å². The van der Waals surface area contributed by atoms with E-state index in [4.69, 9.17) is 0 Å². The second kappa shape index (κ2) is 7.06. The van der Waals surface area contributed by atoms with E-state index >= 15 is 0 Å². The van der Waals surface area contributed by atoms with Gasteiger partial charge in [-0.3, -0.25) is 9.59 Å². The highest BCUT2D eigenvalue weighted by Crippen LogP contribution is 2.10. The van der Waals surface area contributed by atoms with E-state index < -0.39 is 0 Å². The molecule has 18 heavy (non-hydrogen) atoms. The zero-order chi connectivity index (χ0) is 13.5. The molecule has 0 spiro atoms. The molecule has 1 rings (SSSR count). The van der Waals surface area contributed by atoms with Crippen molar-refractivity contribution in [3.63, 3.8) is 0 Å². The summed E-state index contributed by atoms with van der Waals surface area (Å²) < 4.78 is 0. The molecule has 2 amide bonds. The molecule has 0 fully saturated rings. The van der Waals surface area contributed by atoms with Crippen molar-refractivity contribution in [2.75, 3.05) is 30.9 Å². The van der Waals surface area contributed by atoms with Crippen molar-refractivity contribution in [3.8, 4) is 0 Å². The number of nitrogens with zero attached hydrogens (tertiary/aromatic N) is 1. The van der Waals surface area contributed by atoms with Crippen LogP contribution in [0.25, 0.3) is 0 Å². The van der Waals surface area contributed by atoms with E-state index in [0.29, 0.717) is 5.75 Å². The second-order valence-corrected chi connectivity index (χ2v) is 5.18. The zero-order valence-corrected chi connectivity index (χ0v) is 11.7. The molecule has 0 saturated heterocycles. The number of anilines is 1. The molecule has 0 aliphatic carbocycles. The van der Waals surface area contributed by atoms with E-state index in [1.54, 1.807) is 14.1 Å². The highest BCUT2D eigenvalue weighted by molar-refractivity contribution is 8.00. The van der Waals surface area contributed by atoms with Crippen LogP contribution in [0.2, 0.25) is 0 Å². The van der Waals surface area contributed by atoms with Gasteiger partial charge in [-0.1, -0.05) is 12.1 Å². The third-order valence-electron chi connectivity index (χ3n) is 2.26. The van der Waals surface area contributed by atoms with Gasteiger partial charge in [-0.15, -0.1) is 11.8 Å². The molecule has 5 heteroatoms. The van der Waals surface area contributed by atoms with Gasteiger partial charge in [-0.25, -0.2) is 0 Å².